The highest BCUT2D eigenvalue weighted by Crippen LogP contribution is 2.55. The van der Waals surface area contributed by atoms with Gasteiger partial charge in [0.1, 0.15) is 5.84 Å². The Morgan fingerprint density at radius 1 is 0.958 bits per heavy atom. The van der Waals surface area contributed by atoms with Gasteiger partial charge in [-0.25, -0.2) is 9.98 Å². The number of amidine groups is 1. The van der Waals surface area contributed by atoms with Crippen LogP contribution >= 0.6 is 0 Å². The van der Waals surface area contributed by atoms with Crippen molar-refractivity contribution in [2.45, 2.75) is 32.1 Å². The molecule has 24 heavy (non-hydrogen) atoms. The first-order chi connectivity index (χ1) is 11.7. The lowest BCUT2D eigenvalue weighted by molar-refractivity contribution is 0.241. The van der Waals surface area contributed by atoms with E-state index in [1.807, 2.05) is 13.8 Å². The minimum absolute atomic E-state index is 0.330. The lowest BCUT2D eigenvalue weighted by Gasteiger charge is -2.45. The highest BCUT2D eigenvalue weighted by atomic mass is 14.9. The topological polar surface area (TPSA) is 24.7 Å². The fourth-order valence-corrected chi connectivity index (χ4v) is 3.70. The van der Waals surface area contributed by atoms with Crippen LogP contribution in [0.1, 0.15) is 43.2 Å². The Morgan fingerprint density at radius 2 is 1.46 bits per heavy atom. The Morgan fingerprint density at radius 3 is 1.92 bits per heavy atom. The highest BCUT2D eigenvalue weighted by Gasteiger charge is 2.44. The molecule has 0 bridgehead atoms. The number of allylic oxidation sites excluding steroid dienone is 1. The number of hydrogen-bond acceptors (Lipinski definition) is 1. The second-order valence-electron chi connectivity index (χ2n) is 6.33. The Hall–Kier alpha value is -2.48. The molecule has 2 atom stereocenters. The largest absolute Gasteiger partial charge is 0.246 e. The van der Waals surface area contributed by atoms with E-state index in [1.165, 1.54) is 11.1 Å². The van der Waals surface area contributed by atoms with Crippen LogP contribution in [0, 0.1) is 5.92 Å². The lowest BCUT2D eigenvalue weighted by atomic mass is 9.59. The van der Waals surface area contributed by atoms with E-state index in [1.54, 1.807) is 6.21 Å². The molecule has 0 radical (unpaired) electrons. The third kappa shape index (κ3) is 3.38. The van der Waals surface area contributed by atoms with E-state index < -0.39 is 0 Å². The summed E-state index contributed by atoms with van der Waals surface area (Å²) >= 11 is 0. The molecule has 2 aromatic rings. The van der Waals surface area contributed by atoms with E-state index in [-0.39, 0.29) is 0 Å². The molecule has 1 saturated carbocycles. The van der Waals surface area contributed by atoms with Gasteiger partial charge in [-0.05, 0) is 43.2 Å². The number of nitrogens with zero attached hydrogens (tertiary/aromatic N) is 2. The number of benzene rings is 2. The van der Waals surface area contributed by atoms with Crippen molar-refractivity contribution in [2.75, 3.05) is 0 Å². The van der Waals surface area contributed by atoms with Crippen LogP contribution in [0.15, 0.2) is 82.9 Å². The van der Waals surface area contributed by atoms with Gasteiger partial charge in [-0.1, -0.05) is 67.2 Å². The highest BCUT2D eigenvalue weighted by molar-refractivity contribution is 5.87. The summed E-state index contributed by atoms with van der Waals surface area (Å²) in [5.41, 5.74) is 3.69. The van der Waals surface area contributed by atoms with Crippen LogP contribution in [0.5, 0.6) is 0 Å². The van der Waals surface area contributed by atoms with Crippen molar-refractivity contribution in [1.29, 1.82) is 0 Å². The van der Waals surface area contributed by atoms with E-state index in [2.05, 4.69) is 77.2 Å². The van der Waals surface area contributed by atoms with Crippen LogP contribution in [-0.2, 0) is 0 Å². The van der Waals surface area contributed by atoms with Crippen molar-refractivity contribution in [3.63, 3.8) is 0 Å². The van der Waals surface area contributed by atoms with Gasteiger partial charge >= 0.3 is 0 Å². The van der Waals surface area contributed by atoms with Crippen LogP contribution in [0.25, 0.3) is 0 Å². The zero-order chi connectivity index (χ0) is 16.9. The molecular weight excluding hydrogens is 292 g/mol. The molecular formula is C22H24N2. The Bertz CT molecular complexity index is 699. The van der Waals surface area contributed by atoms with E-state index in [0.29, 0.717) is 17.8 Å². The molecule has 0 N–H and O–H groups in total. The lowest BCUT2D eigenvalue weighted by Crippen LogP contribution is -2.34. The third-order valence-electron chi connectivity index (χ3n) is 4.84. The number of hydrogen-bond donors (Lipinski definition) is 0. The summed E-state index contributed by atoms with van der Waals surface area (Å²) in [4.78, 5) is 8.93. The molecule has 0 aliphatic heterocycles. The van der Waals surface area contributed by atoms with Gasteiger partial charge in [-0.3, -0.25) is 0 Å². The molecule has 0 amide bonds. The summed E-state index contributed by atoms with van der Waals surface area (Å²) in [7, 11) is 0. The normalized spacial score (nSPS) is 21.7. The van der Waals surface area contributed by atoms with Gasteiger partial charge in [0.05, 0.1) is 0 Å². The van der Waals surface area contributed by atoms with Crippen LogP contribution < -0.4 is 0 Å². The first-order valence-electron chi connectivity index (χ1n) is 8.53. The minimum atomic E-state index is 0.330. The number of aliphatic imine (C=N–C) groups is 2. The van der Waals surface area contributed by atoms with Gasteiger partial charge in [0.15, 0.2) is 0 Å². The first-order valence-corrected chi connectivity index (χ1v) is 8.53. The molecule has 0 aromatic heterocycles. The fourth-order valence-electron chi connectivity index (χ4n) is 3.70. The van der Waals surface area contributed by atoms with Gasteiger partial charge in [0.2, 0.25) is 0 Å². The third-order valence-corrected chi connectivity index (χ3v) is 4.84. The quantitative estimate of drug-likeness (QED) is 0.518. The molecule has 1 aliphatic carbocycles. The minimum Gasteiger partial charge on any atom is -0.246 e. The van der Waals surface area contributed by atoms with Crippen LogP contribution in [0.2, 0.25) is 0 Å². The van der Waals surface area contributed by atoms with Crippen LogP contribution in [0.3, 0.4) is 0 Å². The smallest absolute Gasteiger partial charge is 0.125 e. The first kappa shape index (κ1) is 16.4. The van der Waals surface area contributed by atoms with Gasteiger partial charge < -0.3 is 0 Å². The Labute approximate surface area is 144 Å². The maximum Gasteiger partial charge on any atom is 0.125 e. The molecule has 122 valence electrons. The molecule has 2 heteroatoms. The summed E-state index contributed by atoms with van der Waals surface area (Å²) in [6.45, 7) is 8.13. The van der Waals surface area contributed by atoms with E-state index >= 15 is 0 Å². The zero-order valence-electron chi connectivity index (χ0n) is 14.4. The monoisotopic (exact) mass is 316 g/mol. The maximum absolute atomic E-state index is 4.66. The van der Waals surface area contributed by atoms with Crippen molar-refractivity contribution < 1.29 is 0 Å². The molecule has 1 fully saturated rings. The summed E-state index contributed by atoms with van der Waals surface area (Å²) in [6, 6.07) is 21.4. The molecule has 0 unspecified atom stereocenters. The van der Waals surface area contributed by atoms with Crippen molar-refractivity contribution in [3.05, 3.63) is 84.1 Å². The molecule has 1 aliphatic rings. The predicted molar refractivity (Wildman–Crippen MR) is 103 cm³/mol. The predicted octanol–water partition coefficient (Wildman–Crippen LogP) is 5.60. The SMILES string of the molecule is C=C(N=C(C)N=CC)C1[C@@H](c2ccccc2)C[C@@H]1c1ccccc1. The fraction of sp³-hybridized carbons (Fsp3) is 0.273. The summed E-state index contributed by atoms with van der Waals surface area (Å²) in [5, 5.41) is 0. The molecule has 3 rings (SSSR count). The zero-order valence-corrected chi connectivity index (χ0v) is 14.4. The second kappa shape index (κ2) is 7.39. The summed E-state index contributed by atoms with van der Waals surface area (Å²) in [6.07, 6.45) is 2.92. The van der Waals surface area contributed by atoms with Crippen LogP contribution in [0.4, 0.5) is 0 Å². The average Bonchev–Trinajstić information content (AvgIpc) is 2.56. The van der Waals surface area contributed by atoms with E-state index in [4.69, 9.17) is 0 Å². The summed E-state index contributed by atoms with van der Waals surface area (Å²) in [5.74, 6) is 2.06. The average molecular weight is 316 g/mol. The van der Waals surface area contributed by atoms with Crippen LogP contribution in [-0.4, -0.2) is 12.1 Å². The standard InChI is InChI=1S/C22H24N2/c1-4-23-17(3)24-16(2)22-20(18-11-7-5-8-12-18)15-21(22)19-13-9-6-10-14-19/h4-14,20-22H,2,15H2,1,3H3/t20-,21-/m1/s1. The van der Waals surface area contributed by atoms with Crippen molar-refractivity contribution in [1.82, 2.24) is 0 Å². The molecule has 2 nitrogen and oxygen atoms in total. The number of rotatable bonds is 4. The summed E-state index contributed by atoms with van der Waals surface area (Å²) < 4.78 is 0. The van der Waals surface area contributed by atoms with E-state index in [9.17, 15) is 0 Å². The van der Waals surface area contributed by atoms with Crippen molar-refractivity contribution in [2.24, 2.45) is 15.9 Å². The molecule has 2 aromatic carbocycles. The molecule has 0 spiro atoms. The Kier molecular flexibility index (Phi) is 5.05. The second-order valence-corrected chi connectivity index (χ2v) is 6.33. The Balaban J connectivity index is 1.90. The van der Waals surface area contributed by atoms with Gasteiger partial charge in [-0.2, -0.15) is 0 Å². The van der Waals surface area contributed by atoms with Gasteiger partial charge in [0, 0.05) is 17.8 Å². The van der Waals surface area contributed by atoms with Crippen molar-refractivity contribution in [3.8, 4) is 0 Å². The van der Waals surface area contributed by atoms with Crippen molar-refractivity contribution >= 4 is 12.1 Å². The van der Waals surface area contributed by atoms with Gasteiger partial charge in [-0.15, -0.1) is 0 Å². The molecule has 0 heterocycles. The molecule has 0 saturated heterocycles. The maximum atomic E-state index is 4.66. The van der Waals surface area contributed by atoms with E-state index in [0.717, 1.165) is 18.0 Å². The van der Waals surface area contributed by atoms with Gasteiger partial charge in [0.25, 0.3) is 0 Å².